The van der Waals surface area contributed by atoms with Crippen LogP contribution in [0.15, 0.2) is 48.5 Å². The Kier molecular flexibility index (Phi) is 5.04. The molecule has 1 aliphatic carbocycles. The molecule has 2 aromatic rings. The molecule has 0 saturated carbocycles. The molecule has 0 heterocycles. The molecule has 4 heteroatoms. The van der Waals surface area contributed by atoms with E-state index in [4.69, 9.17) is 9.47 Å². The van der Waals surface area contributed by atoms with Crippen LogP contribution in [-0.4, -0.2) is 19.1 Å². The average molecular weight is 325 g/mol. The lowest BCUT2D eigenvalue weighted by Gasteiger charge is -2.27. The highest BCUT2D eigenvalue weighted by atomic mass is 16.5. The van der Waals surface area contributed by atoms with Gasteiger partial charge in [0.05, 0.1) is 13.2 Å². The molecule has 126 valence electrons. The van der Waals surface area contributed by atoms with Crippen molar-refractivity contribution in [2.75, 3.05) is 7.11 Å². The summed E-state index contributed by atoms with van der Waals surface area (Å²) in [7, 11) is 1.61. The minimum Gasteiger partial charge on any atom is -0.497 e. The summed E-state index contributed by atoms with van der Waals surface area (Å²) >= 11 is 0. The van der Waals surface area contributed by atoms with Crippen LogP contribution in [0.25, 0.3) is 0 Å². The average Bonchev–Trinajstić information content (AvgIpc) is 2.62. The van der Waals surface area contributed by atoms with Crippen molar-refractivity contribution < 1.29 is 14.3 Å². The van der Waals surface area contributed by atoms with E-state index in [-0.39, 0.29) is 11.9 Å². The zero-order valence-corrected chi connectivity index (χ0v) is 14.1. The highest BCUT2D eigenvalue weighted by Gasteiger charge is 2.24. The molecular formula is C20H23NO3. The lowest BCUT2D eigenvalue weighted by atomic mass is 9.87. The molecule has 0 fully saturated rings. The van der Waals surface area contributed by atoms with Crippen LogP contribution < -0.4 is 14.8 Å². The Morgan fingerprint density at radius 1 is 1.17 bits per heavy atom. The van der Waals surface area contributed by atoms with Gasteiger partial charge in [-0.3, -0.25) is 4.79 Å². The molecule has 0 saturated heterocycles. The van der Waals surface area contributed by atoms with Gasteiger partial charge in [-0.05, 0) is 49.4 Å². The fourth-order valence-corrected chi connectivity index (χ4v) is 3.13. The number of carbonyl (C=O) groups excluding carboxylic acids is 1. The summed E-state index contributed by atoms with van der Waals surface area (Å²) in [4.78, 5) is 12.5. The first-order chi connectivity index (χ1) is 11.7. The minimum atomic E-state index is -0.564. The summed E-state index contributed by atoms with van der Waals surface area (Å²) in [5.74, 6) is 1.24. The molecule has 0 bridgehead atoms. The smallest absolute Gasteiger partial charge is 0.261 e. The predicted molar refractivity (Wildman–Crippen MR) is 93.3 cm³/mol. The lowest BCUT2D eigenvalue weighted by Crippen LogP contribution is -2.39. The quantitative estimate of drug-likeness (QED) is 0.913. The fraction of sp³-hybridized carbons (Fsp3) is 0.350. The lowest BCUT2D eigenvalue weighted by molar-refractivity contribution is -0.128. The van der Waals surface area contributed by atoms with E-state index < -0.39 is 6.10 Å². The Bertz CT molecular complexity index is 714. The highest BCUT2D eigenvalue weighted by molar-refractivity contribution is 5.81. The summed E-state index contributed by atoms with van der Waals surface area (Å²) in [5.41, 5.74) is 2.56. The summed E-state index contributed by atoms with van der Waals surface area (Å²) in [6, 6.07) is 15.7. The zero-order chi connectivity index (χ0) is 16.9. The third kappa shape index (κ3) is 3.70. The van der Waals surface area contributed by atoms with Crippen molar-refractivity contribution in [3.63, 3.8) is 0 Å². The Labute approximate surface area is 142 Å². The topological polar surface area (TPSA) is 47.6 Å². The zero-order valence-electron chi connectivity index (χ0n) is 14.1. The Morgan fingerprint density at radius 2 is 1.96 bits per heavy atom. The van der Waals surface area contributed by atoms with E-state index >= 15 is 0 Å². The molecule has 2 atom stereocenters. The van der Waals surface area contributed by atoms with Gasteiger partial charge < -0.3 is 14.8 Å². The number of methoxy groups -OCH3 is 1. The highest BCUT2D eigenvalue weighted by Crippen LogP contribution is 2.29. The van der Waals surface area contributed by atoms with E-state index in [1.807, 2.05) is 24.3 Å². The number of fused-ring (bicyclic) bond motifs is 1. The van der Waals surface area contributed by atoms with E-state index in [0.717, 1.165) is 19.3 Å². The third-order valence-corrected chi connectivity index (χ3v) is 4.41. The number of ether oxygens (including phenoxy) is 2. The molecule has 0 aromatic heterocycles. The van der Waals surface area contributed by atoms with Crippen LogP contribution in [0, 0.1) is 0 Å². The van der Waals surface area contributed by atoms with Gasteiger partial charge in [0, 0.05) is 6.07 Å². The third-order valence-electron chi connectivity index (χ3n) is 4.41. The summed E-state index contributed by atoms with van der Waals surface area (Å²) in [6.45, 7) is 1.77. The van der Waals surface area contributed by atoms with Crippen LogP contribution in [0.3, 0.4) is 0 Å². The number of hydrogen-bond donors (Lipinski definition) is 1. The number of aryl methyl sites for hydroxylation is 1. The minimum absolute atomic E-state index is 0.0683. The molecule has 24 heavy (non-hydrogen) atoms. The second-order valence-corrected chi connectivity index (χ2v) is 6.09. The Hall–Kier alpha value is -2.49. The van der Waals surface area contributed by atoms with E-state index in [1.54, 1.807) is 20.1 Å². The van der Waals surface area contributed by atoms with E-state index in [9.17, 15) is 4.79 Å². The van der Waals surface area contributed by atoms with Crippen LogP contribution in [0.2, 0.25) is 0 Å². The SMILES string of the molecule is COc1cccc(O[C@@H](C)C(=O)N[C@@H]2CCCc3ccccc32)c1. The maximum atomic E-state index is 12.5. The summed E-state index contributed by atoms with van der Waals surface area (Å²) in [6.07, 6.45) is 2.58. The van der Waals surface area contributed by atoms with E-state index in [0.29, 0.717) is 11.5 Å². The van der Waals surface area contributed by atoms with Crippen molar-refractivity contribution in [3.8, 4) is 11.5 Å². The standard InChI is InChI=1S/C20H23NO3/c1-14(24-17-10-6-9-16(13-17)23-2)20(22)21-19-12-5-8-15-7-3-4-11-18(15)19/h3-4,6-7,9-11,13-14,19H,5,8,12H2,1-2H3,(H,21,22)/t14-,19+/m0/s1. The normalized spacial score (nSPS) is 17.5. The molecule has 4 nitrogen and oxygen atoms in total. The van der Waals surface area contributed by atoms with Crippen molar-refractivity contribution >= 4 is 5.91 Å². The molecule has 1 aliphatic rings. The number of rotatable bonds is 5. The summed E-state index contributed by atoms with van der Waals surface area (Å²) in [5, 5.41) is 3.13. The van der Waals surface area contributed by atoms with Crippen LogP contribution in [-0.2, 0) is 11.2 Å². The molecule has 0 aliphatic heterocycles. The first-order valence-electron chi connectivity index (χ1n) is 8.36. The second-order valence-electron chi connectivity index (χ2n) is 6.09. The van der Waals surface area contributed by atoms with Gasteiger partial charge in [-0.25, -0.2) is 0 Å². The molecule has 1 amide bonds. The number of amides is 1. The number of benzene rings is 2. The van der Waals surface area contributed by atoms with Crippen LogP contribution >= 0.6 is 0 Å². The van der Waals surface area contributed by atoms with Gasteiger partial charge in [-0.15, -0.1) is 0 Å². The Balaban J connectivity index is 1.64. The van der Waals surface area contributed by atoms with Gasteiger partial charge in [0.15, 0.2) is 6.10 Å². The predicted octanol–water partition coefficient (Wildman–Crippen LogP) is 3.66. The molecule has 0 radical (unpaired) electrons. The summed E-state index contributed by atoms with van der Waals surface area (Å²) < 4.78 is 10.9. The van der Waals surface area contributed by atoms with E-state index in [2.05, 4.69) is 23.5 Å². The number of hydrogen-bond acceptors (Lipinski definition) is 3. The van der Waals surface area contributed by atoms with Crippen LogP contribution in [0.4, 0.5) is 0 Å². The van der Waals surface area contributed by atoms with Crippen molar-refractivity contribution in [1.29, 1.82) is 0 Å². The molecule has 1 N–H and O–H groups in total. The molecule has 0 spiro atoms. The molecule has 3 rings (SSSR count). The van der Waals surface area contributed by atoms with Crippen LogP contribution in [0.5, 0.6) is 11.5 Å². The van der Waals surface area contributed by atoms with Crippen molar-refractivity contribution in [3.05, 3.63) is 59.7 Å². The maximum absolute atomic E-state index is 12.5. The second kappa shape index (κ2) is 7.39. The first kappa shape index (κ1) is 16.4. The van der Waals surface area contributed by atoms with Crippen molar-refractivity contribution in [2.45, 2.75) is 38.3 Å². The largest absolute Gasteiger partial charge is 0.497 e. The number of carbonyl (C=O) groups is 1. The first-order valence-corrected chi connectivity index (χ1v) is 8.36. The van der Waals surface area contributed by atoms with Gasteiger partial charge in [-0.1, -0.05) is 30.3 Å². The van der Waals surface area contributed by atoms with Gasteiger partial charge in [0.25, 0.3) is 5.91 Å². The van der Waals surface area contributed by atoms with Gasteiger partial charge in [0.1, 0.15) is 11.5 Å². The Morgan fingerprint density at radius 3 is 2.79 bits per heavy atom. The maximum Gasteiger partial charge on any atom is 0.261 e. The van der Waals surface area contributed by atoms with Crippen LogP contribution in [0.1, 0.15) is 36.9 Å². The molecular weight excluding hydrogens is 302 g/mol. The van der Waals surface area contributed by atoms with Gasteiger partial charge in [-0.2, -0.15) is 0 Å². The fourth-order valence-electron chi connectivity index (χ4n) is 3.13. The van der Waals surface area contributed by atoms with Crippen molar-refractivity contribution in [2.24, 2.45) is 0 Å². The number of nitrogens with one attached hydrogen (secondary N) is 1. The van der Waals surface area contributed by atoms with Crippen molar-refractivity contribution in [1.82, 2.24) is 5.32 Å². The monoisotopic (exact) mass is 325 g/mol. The molecule has 0 unspecified atom stereocenters. The van der Waals surface area contributed by atoms with E-state index in [1.165, 1.54) is 11.1 Å². The van der Waals surface area contributed by atoms with Gasteiger partial charge in [0.2, 0.25) is 0 Å². The van der Waals surface area contributed by atoms with Gasteiger partial charge >= 0.3 is 0 Å². The molecule has 2 aromatic carbocycles.